The van der Waals surface area contributed by atoms with Gasteiger partial charge in [-0.2, -0.15) is 0 Å². The topological polar surface area (TPSA) is 68.2 Å². The van der Waals surface area contributed by atoms with Gasteiger partial charge in [-0.05, 0) is 6.42 Å². The first-order valence-corrected chi connectivity index (χ1v) is 4.72. The van der Waals surface area contributed by atoms with Gasteiger partial charge in [0.2, 0.25) is 0 Å². The monoisotopic (exact) mass is 206 g/mol. The molecule has 0 unspecified atom stereocenters. The Balaban J connectivity index is 2.72. The molecule has 1 rings (SSSR count). The molecule has 0 saturated carbocycles. The van der Waals surface area contributed by atoms with Crippen molar-refractivity contribution < 1.29 is 24.4 Å². The third-order valence-electron chi connectivity index (χ3n) is 2.55. The van der Waals surface area contributed by atoms with Crippen molar-refractivity contribution in [2.75, 3.05) is 14.2 Å². The van der Waals surface area contributed by atoms with Crippen LogP contribution < -0.4 is 0 Å². The molecule has 0 aliphatic carbocycles. The lowest BCUT2D eigenvalue weighted by Gasteiger charge is -2.41. The fraction of sp³-hybridized carbons (Fsp3) is 1.00. The maximum atomic E-state index is 9.75. The molecule has 0 spiro atoms. The van der Waals surface area contributed by atoms with E-state index in [4.69, 9.17) is 14.2 Å². The number of aliphatic hydroxyl groups is 2. The molecule has 5 nitrogen and oxygen atoms in total. The molecule has 2 N–H and O–H groups in total. The molecule has 84 valence electrons. The van der Waals surface area contributed by atoms with Crippen molar-refractivity contribution in [2.45, 2.75) is 44.1 Å². The number of aliphatic hydroxyl groups excluding tert-OH is 2. The van der Waals surface area contributed by atoms with E-state index in [2.05, 4.69) is 0 Å². The third-order valence-corrected chi connectivity index (χ3v) is 2.55. The second-order valence-corrected chi connectivity index (χ2v) is 3.37. The SMILES string of the molecule is CC[C@@H]1O[C@@H](OC)[C@H](O)[C@@H](OC)[C@@H]1O. The zero-order valence-corrected chi connectivity index (χ0v) is 8.71. The first kappa shape index (κ1) is 11.9. The average Bonchev–Trinajstić information content (AvgIpc) is 2.19. The Kier molecular flexibility index (Phi) is 4.28. The van der Waals surface area contributed by atoms with E-state index in [-0.39, 0.29) is 6.10 Å². The molecule has 1 aliphatic rings. The van der Waals surface area contributed by atoms with Crippen LogP contribution in [0.5, 0.6) is 0 Å². The lowest BCUT2D eigenvalue weighted by molar-refractivity contribution is -0.294. The number of methoxy groups -OCH3 is 2. The van der Waals surface area contributed by atoms with Crippen molar-refractivity contribution in [2.24, 2.45) is 0 Å². The Labute approximate surface area is 83.6 Å². The zero-order valence-electron chi connectivity index (χ0n) is 8.71. The Morgan fingerprint density at radius 2 is 1.79 bits per heavy atom. The van der Waals surface area contributed by atoms with Gasteiger partial charge in [0.1, 0.15) is 18.3 Å². The van der Waals surface area contributed by atoms with Crippen LogP contribution in [0.15, 0.2) is 0 Å². The number of hydrogen-bond acceptors (Lipinski definition) is 5. The van der Waals surface area contributed by atoms with Crippen molar-refractivity contribution >= 4 is 0 Å². The summed E-state index contributed by atoms with van der Waals surface area (Å²) in [6.45, 7) is 1.89. The first-order valence-electron chi connectivity index (χ1n) is 4.72. The van der Waals surface area contributed by atoms with Crippen LogP contribution in [-0.4, -0.2) is 55.1 Å². The molecule has 14 heavy (non-hydrogen) atoms. The highest BCUT2D eigenvalue weighted by Crippen LogP contribution is 2.24. The summed E-state index contributed by atoms with van der Waals surface area (Å²) in [5.74, 6) is 0. The molecule has 5 heteroatoms. The molecule has 0 bridgehead atoms. The molecule has 0 amide bonds. The van der Waals surface area contributed by atoms with E-state index in [1.807, 2.05) is 6.92 Å². The summed E-state index contributed by atoms with van der Waals surface area (Å²) in [4.78, 5) is 0. The molecule has 0 aromatic rings. The summed E-state index contributed by atoms with van der Waals surface area (Å²) in [6.07, 6.45) is -2.86. The van der Waals surface area contributed by atoms with Crippen LogP contribution in [0.3, 0.4) is 0 Å². The highest BCUT2D eigenvalue weighted by molar-refractivity contribution is 4.89. The van der Waals surface area contributed by atoms with Gasteiger partial charge in [-0.15, -0.1) is 0 Å². The Bertz CT molecular complexity index is 159. The maximum absolute atomic E-state index is 9.75. The van der Waals surface area contributed by atoms with Gasteiger partial charge in [0.05, 0.1) is 6.10 Å². The standard InChI is InChI=1S/C9H18O5/c1-4-5-6(10)8(12-2)7(11)9(13-3)14-5/h5-11H,4H2,1-3H3/t5-,6+,7+,8-,9+/m0/s1. The van der Waals surface area contributed by atoms with E-state index in [0.29, 0.717) is 6.42 Å². The summed E-state index contributed by atoms with van der Waals surface area (Å²) in [6, 6.07) is 0. The van der Waals surface area contributed by atoms with E-state index < -0.39 is 24.6 Å². The highest BCUT2D eigenvalue weighted by Gasteiger charge is 2.44. The summed E-state index contributed by atoms with van der Waals surface area (Å²) in [5.41, 5.74) is 0. The molecular weight excluding hydrogens is 188 g/mol. The van der Waals surface area contributed by atoms with Gasteiger partial charge in [0.25, 0.3) is 0 Å². The number of rotatable bonds is 3. The van der Waals surface area contributed by atoms with E-state index >= 15 is 0 Å². The van der Waals surface area contributed by atoms with Crippen molar-refractivity contribution in [1.82, 2.24) is 0 Å². The van der Waals surface area contributed by atoms with E-state index in [0.717, 1.165) is 0 Å². The van der Waals surface area contributed by atoms with Crippen molar-refractivity contribution in [3.05, 3.63) is 0 Å². The maximum Gasteiger partial charge on any atom is 0.186 e. The summed E-state index contributed by atoms with van der Waals surface area (Å²) >= 11 is 0. The molecule has 1 aliphatic heterocycles. The van der Waals surface area contributed by atoms with Crippen LogP contribution in [0, 0.1) is 0 Å². The number of ether oxygens (including phenoxy) is 3. The number of hydrogen-bond donors (Lipinski definition) is 2. The average molecular weight is 206 g/mol. The molecule has 5 atom stereocenters. The summed E-state index contributed by atoms with van der Waals surface area (Å²) < 4.78 is 15.3. The van der Waals surface area contributed by atoms with Crippen molar-refractivity contribution in [3.8, 4) is 0 Å². The van der Waals surface area contributed by atoms with Gasteiger partial charge in [0, 0.05) is 14.2 Å². The molecule has 0 aromatic carbocycles. The fourth-order valence-electron chi connectivity index (χ4n) is 1.71. The summed E-state index contributed by atoms with van der Waals surface area (Å²) in [5, 5.41) is 19.4. The smallest absolute Gasteiger partial charge is 0.186 e. The second-order valence-electron chi connectivity index (χ2n) is 3.37. The van der Waals surface area contributed by atoms with Gasteiger partial charge in [-0.3, -0.25) is 0 Å². The minimum absolute atomic E-state index is 0.353. The van der Waals surface area contributed by atoms with Crippen LogP contribution in [0.2, 0.25) is 0 Å². The van der Waals surface area contributed by atoms with E-state index in [9.17, 15) is 10.2 Å². The van der Waals surface area contributed by atoms with Crippen molar-refractivity contribution in [1.29, 1.82) is 0 Å². The normalized spacial score (nSPS) is 43.9. The third kappa shape index (κ3) is 2.07. The molecule has 1 saturated heterocycles. The van der Waals surface area contributed by atoms with Crippen molar-refractivity contribution in [3.63, 3.8) is 0 Å². The van der Waals surface area contributed by atoms with Gasteiger partial charge < -0.3 is 24.4 Å². The second kappa shape index (κ2) is 5.04. The lowest BCUT2D eigenvalue weighted by atomic mass is 9.97. The largest absolute Gasteiger partial charge is 0.388 e. The van der Waals surface area contributed by atoms with Gasteiger partial charge >= 0.3 is 0 Å². The summed E-state index contributed by atoms with van der Waals surface area (Å²) in [7, 11) is 2.90. The van der Waals surface area contributed by atoms with Crippen LogP contribution >= 0.6 is 0 Å². The quantitative estimate of drug-likeness (QED) is 0.652. The van der Waals surface area contributed by atoms with E-state index in [1.54, 1.807) is 0 Å². The zero-order chi connectivity index (χ0) is 10.7. The van der Waals surface area contributed by atoms with Gasteiger partial charge in [0.15, 0.2) is 6.29 Å². The molecule has 1 fully saturated rings. The Morgan fingerprint density at radius 3 is 2.21 bits per heavy atom. The fourth-order valence-corrected chi connectivity index (χ4v) is 1.71. The molecule has 1 heterocycles. The van der Waals surface area contributed by atoms with Gasteiger partial charge in [-0.25, -0.2) is 0 Å². The van der Waals surface area contributed by atoms with Crippen LogP contribution in [0.4, 0.5) is 0 Å². The minimum Gasteiger partial charge on any atom is -0.388 e. The minimum atomic E-state index is -0.956. The van der Waals surface area contributed by atoms with E-state index in [1.165, 1.54) is 14.2 Å². The first-order chi connectivity index (χ1) is 6.65. The molecule has 0 radical (unpaired) electrons. The van der Waals surface area contributed by atoms with Crippen LogP contribution in [0.1, 0.15) is 13.3 Å². The molecule has 0 aromatic heterocycles. The predicted octanol–water partition coefficient (Wildman–Crippen LogP) is -0.496. The molecular formula is C9H18O5. The lowest BCUT2D eigenvalue weighted by Crippen LogP contribution is -2.58. The predicted molar refractivity (Wildman–Crippen MR) is 48.8 cm³/mol. The Hall–Kier alpha value is -0.200. The highest BCUT2D eigenvalue weighted by atomic mass is 16.7. The van der Waals surface area contributed by atoms with Gasteiger partial charge in [-0.1, -0.05) is 6.92 Å². The van der Waals surface area contributed by atoms with Crippen LogP contribution in [0.25, 0.3) is 0 Å². The van der Waals surface area contributed by atoms with Crippen LogP contribution in [-0.2, 0) is 14.2 Å². The Morgan fingerprint density at radius 1 is 1.14 bits per heavy atom.